The number of ether oxygens (including phenoxy) is 2. The number of benzene rings is 3. The Balaban J connectivity index is 1.61. The summed E-state index contributed by atoms with van der Waals surface area (Å²) in [6.07, 6.45) is 2.57. The van der Waals surface area contributed by atoms with Crippen LogP contribution in [0.2, 0.25) is 0 Å². The third-order valence-electron chi connectivity index (χ3n) is 6.77. The molecule has 1 amide bonds. The topological polar surface area (TPSA) is 91.9 Å². The Morgan fingerprint density at radius 3 is 2.28 bits per heavy atom. The van der Waals surface area contributed by atoms with Crippen molar-refractivity contribution in [1.82, 2.24) is 14.2 Å². The number of rotatable bonds is 12. The fraction of sp³-hybridized carbons (Fsp3) is 0.300. The van der Waals surface area contributed by atoms with Crippen molar-refractivity contribution in [3.63, 3.8) is 0 Å². The van der Waals surface area contributed by atoms with Gasteiger partial charge >= 0.3 is 0 Å². The van der Waals surface area contributed by atoms with Gasteiger partial charge in [0.1, 0.15) is 11.5 Å². The molecule has 0 aliphatic rings. The van der Waals surface area contributed by atoms with Crippen LogP contribution in [0.3, 0.4) is 0 Å². The van der Waals surface area contributed by atoms with Crippen LogP contribution in [0.1, 0.15) is 25.0 Å². The first-order chi connectivity index (χ1) is 18.7. The third kappa shape index (κ3) is 6.43. The molecule has 8 nitrogen and oxygen atoms in total. The van der Waals surface area contributed by atoms with E-state index in [9.17, 15) is 13.2 Å². The lowest BCUT2D eigenvalue weighted by Gasteiger charge is -2.30. The summed E-state index contributed by atoms with van der Waals surface area (Å²) in [5.41, 5.74) is 2.98. The molecule has 206 valence electrons. The smallest absolute Gasteiger partial charge is 0.243 e. The Morgan fingerprint density at radius 2 is 1.59 bits per heavy atom. The van der Waals surface area contributed by atoms with Crippen molar-refractivity contribution >= 4 is 26.8 Å². The monoisotopic (exact) mass is 549 g/mol. The minimum Gasteiger partial charge on any atom is -0.497 e. The summed E-state index contributed by atoms with van der Waals surface area (Å²) < 4.78 is 39.1. The van der Waals surface area contributed by atoms with Crippen molar-refractivity contribution < 1.29 is 22.7 Å². The zero-order valence-electron chi connectivity index (χ0n) is 22.8. The quantitative estimate of drug-likeness (QED) is 0.273. The molecule has 4 aromatic rings. The number of carbonyl (C=O) groups is 1. The number of nitrogens with one attached hydrogen (secondary N) is 1. The van der Waals surface area contributed by atoms with Gasteiger partial charge in [-0.2, -0.15) is 4.31 Å². The maximum absolute atomic E-state index is 13.8. The van der Waals surface area contributed by atoms with E-state index in [1.165, 1.54) is 23.5 Å². The Labute approximate surface area is 230 Å². The number of nitrogens with zero attached hydrogens (tertiary/aromatic N) is 2. The number of carbonyl (C=O) groups excluding carboxylic acids is 1. The highest BCUT2D eigenvalue weighted by molar-refractivity contribution is 7.89. The SMILES string of the molecule is COc1ccc(S(=O)(=O)N(CC(=O)N(CCc2c[nH]c3ccccc23)Cc2ccccc2OC)C(C)C)cc1. The van der Waals surface area contributed by atoms with E-state index in [0.717, 1.165) is 22.0 Å². The molecule has 39 heavy (non-hydrogen) atoms. The van der Waals surface area contributed by atoms with Gasteiger partial charge in [-0.25, -0.2) is 8.42 Å². The average molecular weight is 550 g/mol. The van der Waals surface area contributed by atoms with Gasteiger partial charge in [0, 0.05) is 41.8 Å². The van der Waals surface area contributed by atoms with Gasteiger partial charge < -0.3 is 19.4 Å². The first-order valence-electron chi connectivity index (χ1n) is 12.8. The van der Waals surface area contributed by atoms with Crippen molar-refractivity contribution in [3.8, 4) is 11.5 Å². The summed E-state index contributed by atoms with van der Waals surface area (Å²) >= 11 is 0. The Hall–Kier alpha value is -3.82. The van der Waals surface area contributed by atoms with Crippen molar-refractivity contribution in [2.24, 2.45) is 0 Å². The van der Waals surface area contributed by atoms with E-state index in [2.05, 4.69) is 11.1 Å². The molecule has 0 saturated heterocycles. The van der Waals surface area contributed by atoms with E-state index in [0.29, 0.717) is 31.0 Å². The fourth-order valence-corrected chi connectivity index (χ4v) is 6.17. The van der Waals surface area contributed by atoms with E-state index >= 15 is 0 Å². The number of aromatic nitrogens is 1. The second-order valence-corrected chi connectivity index (χ2v) is 11.4. The molecule has 0 atom stereocenters. The Morgan fingerprint density at radius 1 is 0.897 bits per heavy atom. The minimum absolute atomic E-state index is 0.111. The first kappa shape index (κ1) is 28.2. The second kappa shape index (κ2) is 12.4. The summed E-state index contributed by atoms with van der Waals surface area (Å²) in [6, 6.07) is 21.3. The van der Waals surface area contributed by atoms with Crippen LogP contribution < -0.4 is 9.47 Å². The highest BCUT2D eigenvalue weighted by Gasteiger charge is 2.31. The number of H-pyrrole nitrogens is 1. The van der Waals surface area contributed by atoms with Crippen LogP contribution in [0.25, 0.3) is 10.9 Å². The van der Waals surface area contributed by atoms with Crippen LogP contribution in [0.5, 0.6) is 11.5 Å². The molecular weight excluding hydrogens is 514 g/mol. The van der Waals surface area contributed by atoms with Gasteiger partial charge in [0.05, 0.1) is 25.7 Å². The van der Waals surface area contributed by atoms with Crippen LogP contribution >= 0.6 is 0 Å². The lowest BCUT2D eigenvalue weighted by atomic mass is 10.1. The van der Waals surface area contributed by atoms with Crippen LogP contribution in [-0.4, -0.2) is 61.9 Å². The number of hydrogen-bond donors (Lipinski definition) is 1. The lowest BCUT2D eigenvalue weighted by molar-refractivity contribution is -0.132. The standard InChI is InChI=1S/C30H35N3O5S/c1-22(2)33(39(35,36)26-15-13-25(37-3)14-16-26)21-30(34)32(20-24-9-5-8-12-29(24)38-4)18-17-23-19-31-28-11-7-6-10-27(23)28/h5-16,19,22,31H,17-18,20-21H2,1-4H3. The normalized spacial score (nSPS) is 11.7. The molecule has 0 bridgehead atoms. The van der Waals surface area contributed by atoms with E-state index in [1.807, 2.05) is 48.7 Å². The summed E-state index contributed by atoms with van der Waals surface area (Å²) in [7, 11) is -0.807. The number of aromatic amines is 1. The maximum atomic E-state index is 13.8. The highest BCUT2D eigenvalue weighted by atomic mass is 32.2. The zero-order chi connectivity index (χ0) is 28.0. The Kier molecular flexibility index (Phi) is 8.93. The van der Waals surface area contributed by atoms with Crippen molar-refractivity contribution in [3.05, 3.63) is 90.1 Å². The van der Waals surface area contributed by atoms with Gasteiger partial charge in [-0.15, -0.1) is 0 Å². The van der Waals surface area contributed by atoms with E-state index in [4.69, 9.17) is 9.47 Å². The van der Waals surface area contributed by atoms with Gasteiger partial charge in [0.15, 0.2) is 0 Å². The summed E-state index contributed by atoms with van der Waals surface area (Å²) in [5.74, 6) is 0.946. The van der Waals surface area contributed by atoms with Gasteiger partial charge in [-0.3, -0.25) is 4.79 Å². The zero-order valence-corrected chi connectivity index (χ0v) is 23.6. The van der Waals surface area contributed by atoms with Gasteiger partial charge in [0.25, 0.3) is 0 Å². The molecule has 3 aromatic carbocycles. The van der Waals surface area contributed by atoms with E-state index < -0.39 is 16.1 Å². The fourth-order valence-electron chi connectivity index (χ4n) is 4.59. The molecule has 1 N–H and O–H groups in total. The summed E-state index contributed by atoms with van der Waals surface area (Å²) in [4.78, 5) is 18.9. The highest BCUT2D eigenvalue weighted by Crippen LogP contribution is 2.24. The van der Waals surface area contributed by atoms with Gasteiger partial charge in [-0.1, -0.05) is 36.4 Å². The third-order valence-corrected chi connectivity index (χ3v) is 8.80. The number of fused-ring (bicyclic) bond motifs is 1. The first-order valence-corrected chi connectivity index (χ1v) is 14.3. The van der Waals surface area contributed by atoms with Gasteiger partial charge in [-0.05, 0) is 62.2 Å². The van der Waals surface area contributed by atoms with Crippen molar-refractivity contribution in [2.45, 2.75) is 37.8 Å². The number of para-hydroxylation sites is 2. The number of amides is 1. The number of sulfonamides is 1. The lowest BCUT2D eigenvalue weighted by Crippen LogP contribution is -2.46. The predicted molar refractivity (Wildman–Crippen MR) is 152 cm³/mol. The van der Waals surface area contributed by atoms with Crippen LogP contribution in [0, 0.1) is 0 Å². The number of methoxy groups -OCH3 is 2. The average Bonchev–Trinajstić information content (AvgIpc) is 3.36. The Bertz CT molecular complexity index is 1510. The predicted octanol–water partition coefficient (Wildman–Crippen LogP) is 4.86. The summed E-state index contributed by atoms with van der Waals surface area (Å²) in [5, 5.41) is 1.10. The molecule has 0 spiro atoms. The maximum Gasteiger partial charge on any atom is 0.243 e. The second-order valence-electron chi connectivity index (χ2n) is 9.56. The molecule has 0 aliphatic carbocycles. The molecule has 0 aliphatic heterocycles. The molecule has 0 saturated carbocycles. The molecular formula is C30H35N3O5S. The van der Waals surface area contributed by atoms with Crippen LogP contribution in [0.15, 0.2) is 83.9 Å². The molecule has 9 heteroatoms. The van der Waals surface area contributed by atoms with Gasteiger partial charge in [0.2, 0.25) is 15.9 Å². The largest absolute Gasteiger partial charge is 0.497 e. The molecule has 4 rings (SSSR count). The molecule has 1 aromatic heterocycles. The molecule has 0 unspecified atom stereocenters. The minimum atomic E-state index is -3.93. The molecule has 1 heterocycles. The number of hydrogen-bond acceptors (Lipinski definition) is 5. The molecule has 0 radical (unpaired) electrons. The summed E-state index contributed by atoms with van der Waals surface area (Å²) in [6.45, 7) is 3.96. The van der Waals surface area contributed by atoms with Crippen LogP contribution in [-0.2, 0) is 27.8 Å². The molecule has 0 fully saturated rings. The van der Waals surface area contributed by atoms with Crippen molar-refractivity contribution in [1.29, 1.82) is 0 Å². The van der Waals surface area contributed by atoms with Crippen molar-refractivity contribution in [2.75, 3.05) is 27.3 Å². The van der Waals surface area contributed by atoms with E-state index in [-0.39, 0.29) is 17.3 Å². The van der Waals surface area contributed by atoms with E-state index in [1.54, 1.807) is 38.0 Å². The van der Waals surface area contributed by atoms with Crippen LogP contribution in [0.4, 0.5) is 0 Å².